The van der Waals surface area contributed by atoms with Crippen molar-refractivity contribution < 1.29 is 9.90 Å². The number of carbonyl (C=O) groups excluding carboxylic acids is 1. The van der Waals surface area contributed by atoms with Crippen molar-refractivity contribution in [1.82, 2.24) is 0 Å². The predicted octanol–water partition coefficient (Wildman–Crippen LogP) is 2.81. The number of carbonyl (C=O) groups is 1. The molecule has 0 amide bonds. The Morgan fingerprint density at radius 3 is 2.69 bits per heavy atom. The molecule has 1 rings (SSSR count). The number of phenolic OH excluding ortho intramolecular Hbond substituents is 1. The molecule has 0 heterocycles. The standard InChI is InChI=1S/C9H8ClIO2/c10-2-1-9(13)6-3-7(11)5-8(12)4-6/h3-5,12H,1-2H2. The van der Waals surface area contributed by atoms with Crippen molar-refractivity contribution in [3.05, 3.63) is 27.3 Å². The average molecular weight is 311 g/mol. The van der Waals surface area contributed by atoms with E-state index in [0.29, 0.717) is 17.9 Å². The fourth-order valence-corrected chi connectivity index (χ4v) is 1.79. The summed E-state index contributed by atoms with van der Waals surface area (Å²) in [5.41, 5.74) is 0.519. The van der Waals surface area contributed by atoms with Gasteiger partial charge in [0.15, 0.2) is 5.78 Å². The van der Waals surface area contributed by atoms with Gasteiger partial charge in [0.2, 0.25) is 0 Å². The second-order valence-electron chi connectivity index (χ2n) is 2.56. The third-order valence-electron chi connectivity index (χ3n) is 1.53. The summed E-state index contributed by atoms with van der Waals surface area (Å²) in [4.78, 5) is 11.4. The zero-order valence-corrected chi connectivity index (χ0v) is 9.67. The lowest BCUT2D eigenvalue weighted by Gasteiger charge is -2.00. The maximum atomic E-state index is 11.4. The van der Waals surface area contributed by atoms with Crippen molar-refractivity contribution in [2.24, 2.45) is 0 Å². The van der Waals surface area contributed by atoms with Gasteiger partial charge in [-0.1, -0.05) is 0 Å². The highest BCUT2D eigenvalue weighted by Crippen LogP contribution is 2.18. The Hall–Kier alpha value is -0.290. The maximum absolute atomic E-state index is 11.4. The summed E-state index contributed by atoms with van der Waals surface area (Å²) in [7, 11) is 0. The van der Waals surface area contributed by atoms with Crippen LogP contribution in [-0.2, 0) is 0 Å². The van der Waals surface area contributed by atoms with Gasteiger partial charge in [-0.05, 0) is 40.8 Å². The second-order valence-corrected chi connectivity index (χ2v) is 4.18. The number of rotatable bonds is 3. The molecule has 70 valence electrons. The zero-order chi connectivity index (χ0) is 9.84. The van der Waals surface area contributed by atoms with Crippen molar-refractivity contribution in [3.8, 4) is 5.75 Å². The monoisotopic (exact) mass is 310 g/mol. The number of hydrogen-bond donors (Lipinski definition) is 1. The summed E-state index contributed by atoms with van der Waals surface area (Å²) in [5, 5.41) is 9.22. The number of aromatic hydroxyl groups is 1. The Morgan fingerprint density at radius 2 is 2.15 bits per heavy atom. The van der Waals surface area contributed by atoms with Crippen molar-refractivity contribution in [3.63, 3.8) is 0 Å². The fourth-order valence-electron chi connectivity index (χ4n) is 0.965. The van der Waals surface area contributed by atoms with E-state index < -0.39 is 0 Å². The molecule has 0 aliphatic carbocycles. The molecule has 0 spiro atoms. The molecular weight excluding hydrogens is 302 g/mol. The van der Waals surface area contributed by atoms with Crippen LogP contribution < -0.4 is 0 Å². The van der Waals surface area contributed by atoms with Crippen LogP contribution in [0.1, 0.15) is 16.8 Å². The molecule has 1 aromatic carbocycles. The SMILES string of the molecule is O=C(CCCl)c1cc(O)cc(I)c1. The first kappa shape index (κ1) is 10.8. The molecule has 0 aliphatic rings. The first-order valence-corrected chi connectivity index (χ1v) is 5.33. The number of alkyl halides is 1. The van der Waals surface area contributed by atoms with E-state index in [1.807, 2.05) is 22.6 Å². The minimum Gasteiger partial charge on any atom is -0.508 e. The van der Waals surface area contributed by atoms with Gasteiger partial charge in [-0.15, -0.1) is 11.6 Å². The van der Waals surface area contributed by atoms with E-state index in [2.05, 4.69) is 0 Å². The van der Waals surface area contributed by atoms with E-state index >= 15 is 0 Å². The number of phenols is 1. The first-order valence-electron chi connectivity index (χ1n) is 3.72. The number of halogens is 2. The highest BCUT2D eigenvalue weighted by atomic mass is 127. The summed E-state index contributed by atoms with van der Waals surface area (Å²) in [6.45, 7) is 0. The van der Waals surface area contributed by atoms with E-state index in [1.165, 1.54) is 6.07 Å². The lowest BCUT2D eigenvalue weighted by molar-refractivity contribution is 0.0989. The lowest BCUT2D eigenvalue weighted by Crippen LogP contribution is -1.99. The Labute approximate surface area is 95.0 Å². The highest BCUT2D eigenvalue weighted by molar-refractivity contribution is 14.1. The van der Waals surface area contributed by atoms with E-state index in [1.54, 1.807) is 12.1 Å². The Bertz CT molecular complexity index is 305. The second kappa shape index (κ2) is 4.81. The van der Waals surface area contributed by atoms with Crippen LogP contribution in [-0.4, -0.2) is 16.8 Å². The Morgan fingerprint density at radius 1 is 1.46 bits per heavy atom. The molecule has 1 N–H and O–H groups in total. The van der Waals surface area contributed by atoms with Crippen molar-refractivity contribution >= 4 is 40.0 Å². The van der Waals surface area contributed by atoms with E-state index in [4.69, 9.17) is 11.6 Å². The van der Waals surface area contributed by atoms with Crippen LogP contribution in [0.25, 0.3) is 0 Å². The van der Waals surface area contributed by atoms with Gasteiger partial charge >= 0.3 is 0 Å². The van der Waals surface area contributed by atoms with Gasteiger partial charge in [-0.3, -0.25) is 4.79 Å². The highest BCUT2D eigenvalue weighted by Gasteiger charge is 2.06. The lowest BCUT2D eigenvalue weighted by atomic mass is 10.1. The normalized spacial score (nSPS) is 10.0. The Kier molecular flexibility index (Phi) is 3.99. The molecule has 0 aliphatic heterocycles. The van der Waals surface area contributed by atoms with Crippen molar-refractivity contribution in [2.75, 3.05) is 5.88 Å². The van der Waals surface area contributed by atoms with Crippen LogP contribution in [0.3, 0.4) is 0 Å². The van der Waals surface area contributed by atoms with Gasteiger partial charge in [0, 0.05) is 21.4 Å². The quantitative estimate of drug-likeness (QED) is 0.529. The molecule has 2 nitrogen and oxygen atoms in total. The number of benzene rings is 1. The van der Waals surface area contributed by atoms with Gasteiger partial charge in [-0.2, -0.15) is 0 Å². The largest absolute Gasteiger partial charge is 0.508 e. The number of ketones is 1. The molecule has 0 fully saturated rings. The molecule has 4 heteroatoms. The summed E-state index contributed by atoms with van der Waals surface area (Å²) >= 11 is 7.49. The van der Waals surface area contributed by atoms with Crippen LogP contribution in [0.4, 0.5) is 0 Å². The average Bonchev–Trinajstić information content (AvgIpc) is 2.03. The van der Waals surface area contributed by atoms with Gasteiger partial charge in [-0.25, -0.2) is 0 Å². The van der Waals surface area contributed by atoms with Gasteiger partial charge in [0.05, 0.1) is 0 Å². The third-order valence-corrected chi connectivity index (χ3v) is 2.34. The molecule has 1 aromatic rings. The van der Waals surface area contributed by atoms with Crippen molar-refractivity contribution in [2.45, 2.75) is 6.42 Å². The molecule has 0 saturated carbocycles. The predicted molar refractivity (Wildman–Crippen MR) is 60.5 cm³/mol. The fraction of sp³-hybridized carbons (Fsp3) is 0.222. The minimum atomic E-state index is -0.0381. The molecule has 0 atom stereocenters. The van der Waals surface area contributed by atoms with Crippen LogP contribution in [0.15, 0.2) is 18.2 Å². The summed E-state index contributed by atoms with van der Waals surface area (Å²) in [5.74, 6) is 0.388. The molecule has 0 bridgehead atoms. The van der Waals surface area contributed by atoms with E-state index in [0.717, 1.165) is 3.57 Å². The molecule has 0 radical (unpaired) electrons. The van der Waals surface area contributed by atoms with Crippen LogP contribution in [0.2, 0.25) is 0 Å². The molecule has 0 unspecified atom stereocenters. The minimum absolute atomic E-state index is 0.0381. The first-order chi connectivity index (χ1) is 6.13. The van der Waals surface area contributed by atoms with Crippen molar-refractivity contribution in [1.29, 1.82) is 0 Å². The summed E-state index contributed by atoms with van der Waals surface area (Å²) < 4.78 is 0.843. The molecule has 0 saturated heterocycles. The molecule has 13 heavy (non-hydrogen) atoms. The van der Waals surface area contributed by atoms with E-state index in [9.17, 15) is 9.90 Å². The smallest absolute Gasteiger partial charge is 0.164 e. The van der Waals surface area contributed by atoms with Gasteiger partial charge < -0.3 is 5.11 Å². The van der Waals surface area contributed by atoms with Crippen LogP contribution in [0, 0.1) is 3.57 Å². The maximum Gasteiger partial charge on any atom is 0.164 e. The van der Waals surface area contributed by atoms with Crippen LogP contribution >= 0.6 is 34.2 Å². The van der Waals surface area contributed by atoms with Gasteiger partial charge in [0.25, 0.3) is 0 Å². The van der Waals surface area contributed by atoms with Gasteiger partial charge in [0.1, 0.15) is 5.75 Å². The number of hydrogen-bond acceptors (Lipinski definition) is 2. The molecule has 0 aromatic heterocycles. The Balaban J connectivity index is 2.94. The zero-order valence-electron chi connectivity index (χ0n) is 6.76. The third kappa shape index (κ3) is 3.15. The van der Waals surface area contributed by atoms with Crippen LogP contribution in [0.5, 0.6) is 5.75 Å². The molecular formula is C9H8ClIO2. The topological polar surface area (TPSA) is 37.3 Å². The summed E-state index contributed by atoms with van der Waals surface area (Å²) in [6, 6.07) is 4.78. The summed E-state index contributed by atoms with van der Waals surface area (Å²) in [6.07, 6.45) is 0.307. The van der Waals surface area contributed by atoms with E-state index in [-0.39, 0.29) is 11.5 Å². The number of Topliss-reactive ketones (excluding diaryl/α,β-unsaturated/α-hetero) is 1.